The molecule has 1 amide bonds. The number of hydrogen-bond donors (Lipinski definition) is 1. The molecule has 0 unspecified atom stereocenters. The van der Waals surface area contributed by atoms with Crippen LogP contribution >= 0.6 is 0 Å². The maximum atomic E-state index is 12.9. The Kier molecular flexibility index (Phi) is 5.02. The van der Waals surface area contributed by atoms with Crippen molar-refractivity contribution in [3.05, 3.63) is 47.0 Å². The molecule has 6 nitrogen and oxygen atoms in total. The molecule has 0 radical (unpaired) electrons. The number of nitrogens with one attached hydrogen (secondary N) is 1. The van der Waals surface area contributed by atoms with E-state index in [-0.39, 0.29) is 11.9 Å². The zero-order valence-corrected chi connectivity index (χ0v) is 15.4. The third-order valence-corrected chi connectivity index (χ3v) is 5.50. The zero-order chi connectivity index (χ0) is 17.9. The summed E-state index contributed by atoms with van der Waals surface area (Å²) in [6.07, 6.45) is 10.2. The van der Waals surface area contributed by atoms with Crippen molar-refractivity contribution in [3.8, 4) is 0 Å². The molecule has 2 aliphatic rings. The van der Waals surface area contributed by atoms with E-state index in [9.17, 15) is 4.79 Å². The number of fused-ring (bicyclic) bond motifs is 1. The van der Waals surface area contributed by atoms with E-state index in [4.69, 9.17) is 0 Å². The molecule has 0 spiro atoms. The summed E-state index contributed by atoms with van der Waals surface area (Å²) >= 11 is 0. The average Bonchev–Trinajstić information content (AvgIpc) is 2.98. The summed E-state index contributed by atoms with van der Waals surface area (Å²) in [6, 6.07) is 4.28. The molecule has 0 aromatic carbocycles. The van der Waals surface area contributed by atoms with Gasteiger partial charge in [-0.25, -0.2) is 0 Å². The minimum absolute atomic E-state index is 0.0383. The Hall–Kier alpha value is -2.21. The Bertz CT molecular complexity index is 770. The molecule has 138 valence electrons. The molecular formula is C20H27N5O. The Labute approximate surface area is 154 Å². The Morgan fingerprint density at radius 1 is 1.31 bits per heavy atom. The van der Waals surface area contributed by atoms with Gasteiger partial charge in [-0.2, -0.15) is 5.10 Å². The monoisotopic (exact) mass is 353 g/mol. The van der Waals surface area contributed by atoms with Gasteiger partial charge in [-0.1, -0.05) is 6.07 Å². The summed E-state index contributed by atoms with van der Waals surface area (Å²) in [7, 11) is 1.89. The Morgan fingerprint density at radius 3 is 3.04 bits per heavy atom. The number of piperidine rings is 1. The number of hydrogen-bond acceptors (Lipinski definition) is 4. The zero-order valence-electron chi connectivity index (χ0n) is 15.4. The Morgan fingerprint density at radius 2 is 2.19 bits per heavy atom. The first kappa shape index (κ1) is 17.2. The molecule has 1 N–H and O–H groups in total. The predicted molar refractivity (Wildman–Crippen MR) is 99.9 cm³/mol. The lowest BCUT2D eigenvalue weighted by molar-refractivity contribution is 0.0890. The van der Waals surface area contributed by atoms with Crippen LogP contribution in [0.15, 0.2) is 24.5 Å². The number of nitrogens with zero attached hydrogens (tertiary/aromatic N) is 4. The summed E-state index contributed by atoms with van der Waals surface area (Å²) in [5, 5.41) is 7.85. The highest BCUT2D eigenvalue weighted by Crippen LogP contribution is 2.24. The van der Waals surface area contributed by atoms with Gasteiger partial charge in [0, 0.05) is 44.1 Å². The maximum Gasteiger partial charge on any atom is 0.270 e. The first-order valence-corrected chi connectivity index (χ1v) is 9.67. The molecule has 6 heteroatoms. The maximum absolute atomic E-state index is 12.9. The van der Waals surface area contributed by atoms with Crippen LogP contribution in [-0.2, 0) is 26.4 Å². The van der Waals surface area contributed by atoms with Gasteiger partial charge in [0.15, 0.2) is 0 Å². The van der Waals surface area contributed by atoms with Crippen LogP contribution in [-0.4, -0.2) is 44.7 Å². The molecule has 26 heavy (non-hydrogen) atoms. The number of carbonyl (C=O) groups is 1. The highest BCUT2D eigenvalue weighted by Gasteiger charge is 2.27. The normalized spacial score (nSPS) is 20.6. The molecule has 1 aliphatic carbocycles. The summed E-state index contributed by atoms with van der Waals surface area (Å²) in [6.45, 7) is 2.85. The van der Waals surface area contributed by atoms with E-state index < -0.39 is 0 Å². The molecule has 0 saturated carbocycles. The van der Waals surface area contributed by atoms with Gasteiger partial charge in [0.1, 0.15) is 5.69 Å². The van der Waals surface area contributed by atoms with E-state index in [1.54, 1.807) is 10.9 Å². The summed E-state index contributed by atoms with van der Waals surface area (Å²) in [4.78, 5) is 19.5. The van der Waals surface area contributed by atoms with Gasteiger partial charge < -0.3 is 5.32 Å². The Balaban J connectivity index is 1.41. The molecule has 1 aliphatic heterocycles. The van der Waals surface area contributed by atoms with Crippen LogP contribution in [0.5, 0.6) is 0 Å². The average molecular weight is 353 g/mol. The van der Waals surface area contributed by atoms with Crippen LogP contribution in [0, 0.1) is 0 Å². The summed E-state index contributed by atoms with van der Waals surface area (Å²) in [5.41, 5.74) is 4.27. The lowest BCUT2D eigenvalue weighted by Crippen LogP contribution is -2.47. The van der Waals surface area contributed by atoms with Crippen molar-refractivity contribution in [3.63, 3.8) is 0 Å². The van der Waals surface area contributed by atoms with Gasteiger partial charge >= 0.3 is 0 Å². The van der Waals surface area contributed by atoms with Gasteiger partial charge in [-0.3, -0.25) is 19.4 Å². The third-order valence-electron chi connectivity index (χ3n) is 5.50. The minimum Gasteiger partial charge on any atom is -0.347 e. The summed E-state index contributed by atoms with van der Waals surface area (Å²) < 4.78 is 1.78. The van der Waals surface area contributed by atoms with Crippen LogP contribution in [0.4, 0.5) is 0 Å². The number of pyridine rings is 1. The quantitative estimate of drug-likeness (QED) is 0.914. The molecule has 1 atom stereocenters. The van der Waals surface area contributed by atoms with Crippen molar-refractivity contribution < 1.29 is 4.79 Å². The fraction of sp³-hybridized carbons (Fsp3) is 0.550. The largest absolute Gasteiger partial charge is 0.347 e. The first-order valence-electron chi connectivity index (χ1n) is 9.67. The van der Waals surface area contributed by atoms with Gasteiger partial charge in [-0.05, 0) is 56.7 Å². The molecular weight excluding hydrogens is 326 g/mol. The van der Waals surface area contributed by atoms with Gasteiger partial charge in [0.2, 0.25) is 0 Å². The van der Waals surface area contributed by atoms with E-state index >= 15 is 0 Å². The highest BCUT2D eigenvalue weighted by atomic mass is 16.2. The van der Waals surface area contributed by atoms with E-state index in [0.717, 1.165) is 63.1 Å². The standard InChI is InChI=1S/C20H27N5O/c1-24-19(17-8-2-3-9-18(17)23-24)20(26)22-16-7-5-11-25(14-16)13-15-6-4-10-21-12-15/h4,6,10,12,16H,2-3,5,7-9,11,13-14H2,1H3,(H,22,26)/t16-/m1/s1. The molecule has 2 aromatic rings. The van der Waals surface area contributed by atoms with Crippen molar-refractivity contribution in [1.82, 2.24) is 25.0 Å². The van der Waals surface area contributed by atoms with E-state index in [0.29, 0.717) is 0 Å². The predicted octanol–water partition coefficient (Wildman–Crippen LogP) is 2.09. The lowest BCUT2D eigenvalue weighted by Gasteiger charge is -2.33. The van der Waals surface area contributed by atoms with Crippen LogP contribution in [0.2, 0.25) is 0 Å². The highest BCUT2D eigenvalue weighted by molar-refractivity contribution is 5.94. The second-order valence-electron chi connectivity index (χ2n) is 7.51. The van der Waals surface area contributed by atoms with Crippen LogP contribution < -0.4 is 5.32 Å². The third kappa shape index (κ3) is 3.65. The van der Waals surface area contributed by atoms with Crippen molar-refractivity contribution in [2.45, 2.75) is 51.1 Å². The second-order valence-corrected chi connectivity index (χ2v) is 7.51. The molecule has 3 heterocycles. The number of aromatic nitrogens is 3. The van der Waals surface area contributed by atoms with Gasteiger partial charge in [0.25, 0.3) is 5.91 Å². The van der Waals surface area contributed by atoms with Crippen LogP contribution in [0.3, 0.4) is 0 Å². The molecule has 1 fully saturated rings. The minimum atomic E-state index is 0.0383. The molecule has 1 saturated heterocycles. The van der Waals surface area contributed by atoms with Gasteiger partial charge in [0.05, 0.1) is 5.69 Å². The fourth-order valence-electron chi connectivity index (χ4n) is 4.29. The fourth-order valence-corrected chi connectivity index (χ4v) is 4.29. The smallest absolute Gasteiger partial charge is 0.270 e. The van der Waals surface area contributed by atoms with Crippen LogP contribution in [0.1, 0.15) is 53.0 Å². The molecule has 2 aromatic heterocycles. The van der Waals surface area contributed by atoms with E-state index in [2.05, 4.69) is 26.4 Å². The number of amides is 1. The number of aryl methyl sites for hydroxylation is 2. The van der Waals surface area contributed by atoms with E-state index in [1.807, 2.05) is 19.3 Å². The van der Waals surface area contributed by atoms with E-state index in [1.165, 1.54) is 17.5 Å². The lowest BCUT2D eigenvalue weighted by atomic mass is 9.95. The molecule has 0 bridgehead atoms. The number of likely N-dealkylation sites (tertiary alicyclic amines) is 1. The number of rotatable bonds is 4. The van der Waals surface area contributed by atoms with Crippen molar-refractivity contribution in [2.75, 3.05) is 13.1 Å². The summed E-state index contributed by atoms with van der Waals surface area (Å²) in [5.74, 6) is 0.0383. The number of carbonyl (C=O) groups excluding carboxylic acids is 1. The van der Waals surface area contributed by atoms with Crippen molar-refractivity contribution in [1.29, 1.82) is 0 Å². The van der Waals surface area contributed by atoms with Crippen molar-refractivity contribution in [2.24, 2.45) is 7.05 Å². The first-order chi connectivity index (χ1) is 12.7. The van der Waals surface area contributed by atoms with Gasteiger partial charge in [-0.15, -0.1) is 0 Å². The second kappa shape index (κ2) is 7.58. The topological polar surface area (TPSA) is 63.1 Å². The molecule has 4 rings (SSSR count). The van der Waals surface area contributed by atoms with Crippen molar-refractivity contribution >= 4 is 5.91 Å². The SMILES string of the molecule is Cn1nc2c(c1C(=O)N[C@@H]1CCCN(Cc3cccnc3)C1)CCCC2. The van der Waals surface area contributed by atoms with Crippen LogP contribution in [0.25, 0.3) is 0 Å².